The summed E-state index contributed by atoms with van der Waals surface area (Å²) in [5, 5.41) is 0. The average molecular weight is 126 g/mol. The molecule has 0 amide bonds. The van der Waals surface area contributed by atoms with E-state index in [9.17, 15) is 4.39 Å². The zero-order chi connectivity index (χ0) is 6.12. The maximum absolute atomic E-state index is 9.50. The van der Waals surface area contributed by atoms with Crippen LogP contribution in [-0.4, -0.2) is 31.4 Å². The molecule has 0 heterocycles. The lowest BCUT2D eigenvalue weighted by molar-refractivity contribution is 0.309. The Morgan fingerprint density at radius 3 is 1.43 bits per heavy atom. The van der Waals surface area contributed by atoms with E-state index in [1.165, 1.54) is 0 Å². The van der Waals surface area contributed by atoms with E-state index in [1.54, 1.807) is 14.2 Å². The normalized spacial score (nSPS) is 6.86. The molecule has 2 nitrogen and oxygen atoms in total. The lowest BCUT2D eigenvalue weighted by Gasteiger charge is -1.86. The van der Waals surface area contributed by atoms with E-state index in [0.717, 1.165) is 0 Å². The molecule has 0 saturated carbocycles. The van der Waals surface area contributed by atoms with Crippen molar-refractivity contribution in [2.75, 3.05) is 21.4 Å². The van der Waals surface area contributed by atoms with Crippen molar-refractivity contribution in [2.45, 2.75) is 0 Å². The highest BCUT2D eigenvalue weighted by Crippen LogP contribution is 1.55. The lowest BCUT2D eigenvalue weighted by atomic mass is 11.8. The van der Waals surface area contributed by atoms with E-state index in [-0.39, 0.29) is 0 Å². The fourth-order valence-electron chi connectivity index (χ4n) is 0.118. The van der Waals surface area contributed by atoms with Gasteiger partial charge in [-0.1, -0.05) is 0 Å². The Hall–Kier alpha value is 0.0669. The summed E-state index contributed by atoms with van der Waals surface area (Å²) in [7, 11) is 3.23. The SMILES string of the molecule is CF.CO[SiH2]OC. The Labute approximate surface area is 45.7 Å². The number of hydrogen-bond donors (Lipinski definition) is 0. The van der Waals surface area contributed by atoms with Gasteiger partial charge in [-0.15, -0.1) is 0 Å². The van der Waals surface area contributed by atoms with Crippen LogP contribution >= 0.6 is 0 Å². The van der Waals surface area contributed by atoms with Crippen molar-refractivity contribution in [1.29, 1.82) is 0 Å². The lowest BCUT2D eigenvalue weighted by Crippen LogP contribution is -1.93. The second kappa shape index (κ2) is 16.6. The van der Waals surface area contributed by atoms with Gasteiger partial charge in [0.2, 0.25) is 0 Å². The van der Waals surface area contributed by atoms with Gasteiger partial charge in [0.15, 0.2) is 0 Å². The van der Waals surface area contributed by atoms with Gasteiger partial charge in [-0.2, -0.15) is 0 Å². The molecule has 0 atom stereocenters. The van der Waals surface area contributed by atoms with Crippen molar-refractivity contribution in [2.24, 2.45) is 0 Å². The van der Waals surface area contributed by atoms with E-state index in [0.29, 0.717) is 7.18 Å². The summed E-state index contributed by atoms with van der Waals surface area (Å²) in [6, 6.07) is 0. The number of halogens is 1. The predicted octanol–water partition coefficient (Wildman–Crippen LogP) is -0.136. The molecule has 0 rings (SSSR count). The van der Waals surface area contributed by atoms with Gasteiger partial charge < -0.3 is 8.85 Å². The smallest absolute Gasteiger partial charge is 0.303 e. The van der Waals surface area contributed by atoms with Crippen LogP contribution in [0.2, 0.25) is 0 Å². The zero-order valence-electron chi connectivity index (χ0n) is 4.90. The van der Waals surface area contributed by atoms with Gasteiger partial charge in [0, 0.05) is 14.2 Å². The standard InChI is InChI=1S/C2H8O2Si.CH3F/c1-3-5-4-2;1-2/h5H2,1-2H3;1H3. The molecule has 0 aliphatic rings. The Bertz CT molecular complexity index is 20.4. The predicted molar refractivity (Wildman–Crippen MR) is 29.6 cm³/mol. The van der Waals surface area contributed by atoms with Crippen molar-refractivity contribution in [3.8, 4) is 0 Å². The molecular formula is C3H11FO2Si. The molecule has 0 aromatic heterocycles. The maximum atomic E-state index is 9.50. The van der Waals surface area contributed by atoms with E-state index in [1.807, 2.05) is 0 Å². The average Bonchev–Trinajstić information content (AvgIpc) is 1.75. The molecule has 4 heteroatoms. The molecule has 0 fully saturated rings. The van der Waals surface area contributed by atoms with E-state index in [4.69, 9.17) is 0 Å². The molecule has 0 unspecified atom stereocenters. The van der Waals surface area contributed by atoms with Crippen LogP contribution < -0.4 is 0 Å². The highest BCUT2D eigenvalue weighted by Gasteiger charge is 1.67. The van der Waals surface area contributed by atoms with Gasteiger partial charge in [-0.25, -0.2) is 0 Å². The van der Waals surface area contributed by atoms with Gasteiger partial charge >= 0.3 is 10.0 Å². The minimum Gasteiger partial charge on any atom is -0.402 e. The first-order valence-electron chi connectivity index (χ1n) is 1.77. The minimum absolute atomic E-state index is 0.500. The van der Waals surface area contributed by atoms with Gasteiger partial charge in [0.25, 0.3) is 0 Å². The van der Waals surface area contributed by atoms with Gasteiger partial charge in [0.1, 0.15) is 0 Å². The molecule has 0 saturated heterocycles. The summed E-state index contributed by atoms with van der Waals surface area (Å²) < 4.78 is 18.7. The topological polar surface area (TPSA) is 18.5 Å². The van der Waals surface area contributed by atoms with Crippen molar-refractivity contribution >= 4 is 10.0 Å². The molecule has 46 valence electrons. The van der Waals surface area contributed by atoms with Gasteiger partial charge in [-0.3, -0.25) is 4.39 Å². The number of alkyl halides is 1. The summed E-state index contributed by atoms with van der Waals surface area (Å²) in [5.74, 6) is 0. The molecule has 0 radical (unpaired) electrons. The van der Waals surface area contributed by atoms with E-state index >= 15 is 0 Å². The van der Waals surface area contributed by atoms with Crippen LogP contribution in [0.3, 0.4) is 0 Å². The number of rotatable bonds is 2. The second-order valence-corrected chi connectivity index (χ2v) is 2.09. The van der Waals surface area contributed by atoms with Crippen LogP contribution in [0.5, 0.6) is 0 Å². The van der Waals surface area contributed by atoms with Gasteiger partial charge in [-0.05, 0) is 0 Å². The highest BCUT2D eigenvalue weighted by molar-refractivity contribution is 6.17. The molecule has 7 heavy (non-hydrogen) atoms. The molecule has 0 N–H and O–H groups in total. The minimum atomic E-state index is -0.568. The zero-order valence-corrected chi connectivity index (χ0v) is 6.32. The first-order valence-corrected chi connectivity index (χ1v) is 2.93. The Morgan fingerprint density at radius 2 is 1.43 bits per heavy atom. The van der Waals surface area contributed by atoms with Crippen LogP contribution in [0.25, 0.3) is 0 Å². The molecule has 0 bridgehead atoms. The fourth-order valence-corrected chi connectivity index (χ4v) is 0.354. The Morgan fingerprint density at radius 1 is 1.14 bits per heavy atom. The third-order valence-corrected chi connectivity index (χ3v) is 0.707. The first-order chi connectivity index (χ1) is 3.41. The van der Waals surface area contributed by atoms with Crippen LogP contribution in [0.15, 0.2) is 0 Å². The van der Waals surface area contributed by atoms with E-state index < -0.39 is 10.0 Å². The maximum Gasteiger partial charge on any atom is 0.303 e. The quantitative estimate of drug-likeness (QED) is 0.480. The monoisotopic (exact) mass is 126 g/mol. The van der Waals surface area contributed by atoms with Crippen LogP contribution in [0.4, 0.5) is 4.39 Å². The second-order valence-electron chi connectivity index (χ2n) is 0.695. The number of hydrogen-bond acceptors (Lipinski definition) is 2. The molecule has 0 aromatic rings. The third-order valence-electron chi connectivity index (χ3n) is 0.236. The van der Waals surface area contributed by atoms with Crippen LogP contribution in [0.1, 0.15) is 0 Å². The van der Waals surface area contributed by atoms with Crippen molar-refractivity contribution in [3.63, 3.8) is 0 Å². The molecule has 0 spiro atoms. The van der Waals surface area contributed by atoms with Crippen LogP contribution in [0, 0.1) is 0 Å². The van der Waals surface area contributed by atoms with Gasteiger partial charge in [0.05, 0.1) is 7.18 Å². The summed E-state index contributed by atoms with van der Waals surface area (Å²) in [5.41, 5.74) is 0. The molecule has 0 aliphatic carbocycles. The van der Waals surface area contributed by atoms with Crippen molar-refractivity contribution in [3.05, 3.63) is 0 Å². The highest BCUT2D eigenvalue weighted by atomic mass is 28.3. The fraction of sp³-hybridized carbons (Fsp3) is 1.00. The Balaban J connectivity index is 0. The summed E-state index contributed by atoms with van der Waals surface area (Å²) >= 11 is 0. The van der Waals surface area contributed by atoms with Crippen LogP contribution in [-0.2, 0) is 8.85 Å². The largest absolute Gasteiger partial charge is 0.402 e. The first kappa shape index (κ1) is 10.1. The summed E-state index contributed by atoms with van der Waals surface area (Å²) in [4.78, 5) is 0. The molecule has 0 aromatic carbocycles. The van der Waals surface area contributed by atoms with Crippen molar-refractivity contribution < 1.29 is 13.2 Å². The third kappa shape index (κ3) is 23.5. The summed E-state index contributed by atoms with van der Waals surface area (Å²) in [6.07, 6.45) is 0. The summed E-state index contributed by atoms with van der Waals surface area (Å²) in [6.45, 7) is 0. The van der Waals surface area contributed by atoms with Crippen molar-refractivity contribution in [1.82, 2.24) is 0 Å². The molecule has 0 aliphatic heterocycles. The molecular weight excluding hydrogens is 115 g/mol. The van der Waals surface area contributed by atoms with E-state index in [2.05, 4.69) is 8.85 Å². The Kier molecular flexibility index (Phi) is 24.0.